The number of rotatable bonds is 6. The fourth-order valence-electron chi connectivity index (χ4n) is 3.55. The number of amides is 1. The van der Waals surface area contributed by atoms with Crippen LogP contribution >= 0.6 is 0 Å². The molecule has 4 nitrogen and oxygen atoms in total. The summed E-state index contributed by atoms with van der Waals surface area (Å²) in [5.41, 5.74) is 1.89. The maximum absolute atomic E-state index is 12.6. The first-order valence-electron chi connectivity index (χ1n) is 9.86. The Morgan fingerprint density at radius 1 is 1.14 bits per heavy atom. The largest absolute Gasteiger partial charge is 0.488 e. The molecule has 0 radical (unpaired) electrons. The predicted molar refractivity (Wildman–Crippen MR) is 110 cm³/mol. The van der Waals surface area contributed by atoms with Gasteiger partial charge in [-0.05, 0) is 36.5 Å². The minimum atomic E-state index is -0.306. The van der Waals surface area contributed by atoms with Gasteiger partial charge in [-0.15, -0.1) is 0 Å². The number of nitrogens with one attached hydrogen (secondary N) is 1. The lowest BCUT2D eigenvalue weighted by Gasteiger charge is -2.29. The second-order valence-corrected chi connectivity index (χ2v) is 7.32. The molecule has 1 aliphatic carbocycles. The number of nitriles is 1. The molecule has 1 fully saturated rings. The van der Waals surface area contributed by atoms with Crippen LogP contribution in [0.25, 0.3) is 6.08 Å². The summed E-state index contributed by atoms with van der Waals surface area (Å²) in [4.78, 5) is 12.6. The summed E-state index contributed by atoms with van der Waals surface area (Å²) in [5, 5.41) is 12.6. The summed E-state index contributed by atoms with van der Waals surface area (Å²) in [6, 6.07) is 19.5. The van der Waals surface area contributed by atoms with Crippen LogP contribution in [-0.2, 0) is 11.4 Å². The van der Waals surface area contributed by atoms with Gasteiger partial charge in [0, 0.05) is 11.6 Å². The highest BCUT2D eigenvalue weighted by Crippen LogP contribution is 2.25. The molecule has 1 amide bonds. The Hall–Kier alpha value is -3.06. The van der Waals surface area contributed by atoms with Gasteiger partial charge in [0.15, 0.2) is 0 Å². The maximum atomic E-state index is 12.6. The van der Waals surface area contributed by atoms with E-state index in [1.165, 1.54) is 6.42 Å². The maximum Gasteiger partial charge on any atom is 0.262 e. The molecule has 0 aromatic heterocycles. The van der Waals surface area contributed by atoms with Gasteiger partial charge in [-0.2, -0.15) is 5.26 Å². The molecule has 0 spiro atoms. The number of carbonyl (C=O) groups excluding carboxylic acids is 1. The monoisotopic (exact) mass is 374 g/mol. The summed E-state index contributed by atoms with van der Waals surface area (Å²) < 4.78 is 5.93. The van der Waals surface area contributed by atoms with Crippen molar-refractivity contribution in [1.29, 1.82) is 5.26 Å². The molecule has 0 saturated heterocycles. The van der Waals surface area contributed by atoms with Gasteiger partial charge in [0.2, 0.25) is 0 Å². The Morgan fingerprint density at radius 2 is 1.86 bits per heavy atom. The Morgan fingerprint density at radius 3 is 2.61 bits per heavy atom. The molecule has 0 heterocycles. The second kappa shape index (κ2) is 9.75. The zero-order valence-corrected chi connectivity index (χ0v) is 16.2. The van der Waals surface area contributed by atoms with Gasteiger partial charge >= 0.3 is 0 Å². The van der Waals surface area contributed by atoms with E-state index in [-0.39, 0.29) is 17.5 Å². The minimum absolute atomic E-state index is 0.105. The lowest BCUT2D eigenvalue weighted by Crippen LogP contribution is -2.41. The average Bonchev–Trinajstić information content (AvgIpc) is 2.73. The van der Waals surface area contributed by atoms with Gasteiger partial charge in [0.05, 0.1) is 0 Å². The topological polar surface area (TPSA) is 62.1 Å². The van der Waals surface area contributed by atoms with E-state index >= 15 is 0 Å². The van der Waals surface area contributed by atoms with Gasteiger partial charge in [-0.1, -0.05) is 68.3 Å². The molecule has 2 aromatic rings. The SMILES string of the molecule is C[C@@H]1CCCC[C@H]1NC(=O)/C(C#N)=C/c1ccccc1OCc1ccccc1. The quantitative estimate of drug-likeness (QED) is 0.580. The van der Waals surface area contributed by atoms with Crippen LogP contribution in [0.2, 0.25) is 0 Å². The third-order valence-electron chi connectivity index (χ3n) is 5.25. The van der Waals surface area contributed by atoms with Crippen LogP contribution in [0.5, 0.6) is 5.75 Å². The van der Waals surface area contributed by atoms with Crippen molar-refractivity contribution in [3.8, 4) is 11.8 Å². The molecule has 2 atom stereocenters. The summed E-state index contributed by atoms with van der Waals surface area (Å²) in [7, 11) is 0. The number of ether oxygens (including phenoxy) is 1. The van der Waals surface area contributed by atoms with E-state index in [0.717, 1.165) is 30.4 Å². The normalized spacial score (nSPS) is 19.5. The first-order chi connectivity index (χ1) is 13.7. The molecule has 28 heavy (non-hydrogen) atoms. The molecule has 0 bridgehead atoms. The van der Waals surface area contributed by atoms with Crippen molar-refractivity contribution in [3.05, 3.63) is 71.3 Å². The van der Waals surface area contributed by atoms with Crippen molar-refractivity contribution < 1.29 is 9.53 Å². The molecule has 0 unspecified atom stereocenters. The Bertz CT molecular complexity index is 868. The van der Waals surface area contributed by atoms with E-state index in [9.17, 15) is 10.1 Å². The number of hydrogen-bond donors (Lipinski definition) is 1. The van der Waals surface area contributed by atoms with Crippen molar-refractivity contribution >= 4 is 12.0 Å². The smallest absolute Gasteiger partial charge is 0.262 e. The molecule has 144 valence electrons. The molecule has 1 N–H and O–H groups in total. The third kappa shape index (κ3) is 5.23. The fourth-order valence-corrected chi connectivity index (χ4v) is 3.55. The van der Waals surface area contributed by atoms with Gasteiger partial charge in [0.1, 0.15) is 24.0 Å². The van der Waals surface area contributed by atoms with Gasteiger partial charge in [0.25, 0.3) is 5.91 Å². The van der Waals surface area contributed by atoms with E-state index in [2.05, 4.69) is 12.2 Å². The predicted octanol–water partition coefficient (Wildman–Crippen LogP) is 4.87. The summed E-state index contributed by atoms with van der Waals surface area (Å²) in [6.07, 6.45) is 6.04. The highest BCUT2D eigenvalue weighted by Gasteiger charge is 2.24. The highest BCUT2D eigenvalue weighted by molar-refractivity contribution is 6.02. The van der Waals surface area contributed by atoms with Crippen molar-refractivity contribution in [1.82, 2.24) is 5.32 Å². The first kappa shape index (κ1) is 19.7. The van der Waals surface area contributed by atoms with Crippen LogP contribution in [0, 0.1) is 17.2 Å². The van der Waals surface area contributed by atoms with E-state index < -0.39 is 0 Å². The van der Waals surface area contributed by atoms with Crippen molar-refractivity contribution in [2.45, 2.75) is 45.3 Å². The van der Waals surface area contributed by atoms with Crippen LogP contribution in [0.3, 0.4) is 0 Å². The lowest BCUT2D eigenvalue weighted by molar-refractivity contribution is -0.118. The number of hydrogen-bond acceptors (Lipinski definition) is 3. The summed E-state index contributed by atoms with van der Waals surface area (Å²) in [5.74, 6) is 0.788. The molecule has 2 aromatic carbocycles. The van der Waals surface area contributed by atoms with Crippen LogP contribution < -0.4 is 10.1 Å². The van der Waals surface area contributed by atoms with Gasteiger partial charge in [-0.25, -0.2) is 0 Å². The lowest BCUT2D eigenvalue weighted by atomic mass is 9.86. The molecular formula is C24H26N2O2. The molecule has 4 heteroatoms. The number of carbonyl (C=O) groups is 1. The van der Waals surface area contributed by atoms with Gasteiger partial charge in [-0.3, -0.25) is 4.79 Å². The fraction of sp³-hybridized carbons (Fsp3) is 0.333. The van der Waals surface area contributed by atoms with E-state index in [1.54, 1.807) is 6.08 Å². The van der Waals surface area contributed by atoms with E-state index in [1.807, 2.05) is 60.7 Å². The molecule has 3 rings (SSSR count). The molecular weight excluding hydrogens is 348 g/mol. The van der Waals surface area contributed by atoms with Crippen LogP contribution in [-0.4, -0.2) is 11.9 Å². The van der Waals surface area contributed by atoms with Gasteiger partial charge < -0.3 is 10.1 Å². The van der Waals surface area contributed by atoms with Crippen molar-refractivity contribution in [3.63, 3.8) is 0 Å². The molecule has 1 aliphatic rings. The van der Waals surface area contributed by atoms with E-state index in [0.29, 0.717) is 18.3 Å². The number of nitrogens with zero attached hydrogens (tertiary/aromatic N) is 1. The Kier molecular flexibility index (Phi) is 6.86. The number of benzene rings is 2. The van der Waals surface area contributed by atoms with Crippen LogP contribution in [0.4, 0.5) is 0 Å². The Labute approximate surface area is 166 Å². The molecule has 0 aliphatic heterocycles. The summed E-state index contributed by atoms with van der Waals surface area (Å²) >= 11 is 0. The zero-order chi connectivity index (χ0) is 19.8. The number of para-hydroxylation sites is 1. The first-order valence-corrected chi connectivity index (χ1v) is 9.86. The zero-order valence-electron chi connectivity index (χ0n) is 16.2. The minimum Gasteiger partial charge on any atom is -0.488 e. The van der Waals surface area contributed by atoms with Crippen molar-refractivity contribution in [2.75, 3.05) is 0 Å². The van der Waals surface area contributed by atoms with Crippen LogP contribution in [0.1, 0.15) is 43.7 Å². The molecule has 1 saturated carbocycles. The third-order valence-corrected chi connectivity index (χ3v) is 5.25. The highest BCUT2D eigenvalue weighted by atomic mass is 16.5. The summed E-state index contributed by atoms with van der Waals surface area (Å²) in [6.45, 7) is 2.59. The van der Waals surface area contributed by atoms with Crippen LogP contribution in [0.15, 0.2) is 60.2 Å². The second-order valence-electron chi connectivity index (χ2n) is 7.32. The standard InChI is InChI=1S/C24H26N2O2/c1-18-9-5-7-13-22(18)26-24(27)21(16-25)15-20-12-6-8-14-23(20)28-17-19-10-3-2-4-11-19/h2-4,6,8,10-12,14-15,18,22H,5,7,9,13,17H2,1H3,(H,26,27)/b21-15+/t18-,22-/m1/s1. The average molecular weight is 374 g/mol. The Balaban J connectivity index is 1.73. The van der Waals surface area contributed by atoms with Crippen molar-refractivity contribution in [2.24, 2.45) is 5.92 Å². The van der Waals surface area contributed by atoms with E-state index in [4.69, 9.17) is 4.74 Å².